The van der Waals surface area contributed by atoms with Crippen LogP contribution in [0.4, 0.5) is 0 Å². The summed E-state index contributed by atoms with van der Waals surface area (Å²) in [5, 5.41) is 4.15. The van der Waals surface area contributed by atoms with Crippen molar-refractivity contribution in [3.8, 4) is 11.5 Å². The Bertz CT molecular complexity index is 1070. The fraction of sp³-hybridized carbons (Fsp3) is 0.429. The second-order valence-corrected chi connectivity index (χ2v) is 9.27. The van der Waals surface area contributed by atoms with E-state index in [1.54, 1.807) is 14.2 Å². The van der Waals surface area contributed by atoms with E-state index < -0.39 is 0 Å². The maximum Gasteiger partial charge on any atom is 0.250 e. The first kappa shape index (κ1) is 24.0. The van der Waals surface area contributed by atoms with Gasteiger partial charge in [-0.1, -0.05) is 47.6 Å². The van der Waals surface area contributed by atoms with Crippen LogP contribution in [0.2, 0.25) is 0 Å². The molecular formula is C28H35N3O3. The second kappa shape index (κ2) is 11.3. The van der Waals surface area contributed by atoms with Gasteiger partial charge in [0.2, 0.25) is 5.89 Å². The van der Waals surface area contributed by atoms with E-state index in [9.17, 15) is 0 Å². The molecule has 0 spiro atoms. The minimum absolute atomic E-state index is 0.473. The Morgan fingerprint density at radius 2 is 1.74 bits per heavy atom. The number of rotatable bonds is 9. The van der Waals surface area contributed by atoms with Crippen molar-refractivity contribution in [2.75, 3.05) is 28.3 Å². The first-order valence-corrected chi connectivity index (χ1v) is 12.0. The van der Waals surface area contributed by atoms with Crippen molar-refractivity contribution in [3.05, 3.63) is 77.4 Å². The van der Waals surface area contributed by atoms with Crippen LogP contribution in [-0.2, 0) is 6.42 Å². The summed E-state index contributed by atoms with van der Waals surface area (Å²) in [6.45, 7) is 0. The smallest absolute Gasteiger partial charge is 0.250 e. The van der Waals surface area contributed by atoms with E-state index in [2.05, 4.69) is 65.5 Å². The van der Waals surface area contributed by atoms with Crippen LogP contribution in [-0.4, -0.2) is 43.4 Å². The van der Waals surface area contributed by atoms with Crippen molar-refractivity contribution >= 4 is 6.08 Å². The monoisotopic (exact) mass is 461 g/mol. The summed E-state index contributed by atoms with van der Waals surface area (Å²) in [5.74, 6) is 3.86. The Labute approximate surface area is 202 Å². The molecule has 2 aromatic carbocycles. The average Bonchev–Trinajstić information content (AvgIpc) is 3.31. The predicted octanol–water partition coefficient (Wildman–Crippen LogP) is 5.80. The largest absolute Gasteiger partial charge is 0.493 e. The third-order valence-electron chi connectivity index (χ3n) is 6.77. The molecule has 4 rings (SSSR count). The van der Waals surface area contributed by atoms with Crippen molar-refractivity contribution in [1.82, 2.24) is 15.0 Å². The van der Waals surface area contributed by atoms with Gasteiger partial charge in [-0.2, -0.15) is 4.98 Å². The Balaban J connectivity index is 1.32. The summed E-state index contributed by atoms with van der Waals surface area (Å²) in [7, 11) is 7.65. The number of allylic oxidation sites excluding steroid dienone is 1. The maximum absolute atomic E-state index is 5.47. The predicted molar refractivity (Wildman–Crippen MR) is 134 cm³/mol. The zero-order valence-corrected chi connectivity index (χ0v) is 20.6. The highest BCUT2D eigenvalue weighted by Gasteiger charge is 2.29. The minimum atomic E-state index is 0.473. The molecule has 1 atom stereocenters. The van der Waals surface area contributed by atoms with Gasteiger partial charge in [-0.15, -0.1) is 0 Å². The topological polar surface area (TPSA) is 60.6 Å². The fourth-order valence-corrected chi connectivity index (χ4v) is 5.09. The molecule has 1 fully saturated rings. The van der Waals surface area contributed by atoms with Crippen molar-refractivity contribution in [3.63, 3.8) is 0 Å². The third kappa shape index (κ3) is 5.86. The molecular weight excluding hydrogens is 426 g/mol. The number of nitrogens with zero attached hydrogens (tertiary/aromatic N) is 3. The number of hydrogen-bond donors (Lipinski definition) is 0. The van der Waals surface area contributed by atoms with Crippen LogP contribution in [0, 0.1) is 11.8 Å². The highest BCUT2D eigenvalue weighted by molar-refractivity contribution is 5.44. The first-order valence-electron chi connectivity index (χ1n) is 12.0. The number of hydrogen-bond acceptors (Lipinski definition) is 6. The summed E-state index contributed by atoms with van der Waals surface area (Å²) >= 11 is 0. The van der Waals surface area contributed by atoms with Gasteiger partial charge in [-0.25, -0.2) is 0 Å². The normalized spacial score (nSPS) is 19.4. The number of aromatic nitrogens is 2. The van der Waals surface area contributed by atoms with Crippen LogP contribution in [0.15, 0.2) is 59.1 Å². The van der Waals surface area contributed by atoms with E-state index in [1.165, 1.54) is 31.2 Å². The summed E-state index contributed by atoms with van der Waals surface area (Å²) in [4.78, 5) is 6.92. The Morgan fingerprint density at radius 1 is 1.00 bits per heavy atom. The molecule has 0 amide bonds. The van der Waals surface area contributed by atoms with Gasteiger partial charge < -0.3 is 18.9 Å². The van der Waals surface area contributed by atoms with Gasteiger partial charge in [0.05, 0.1) is 14.2 Å². The van der Waals surface area contributed by atoms with Gasteiger partial charge in [-0.05, 0) is 81.0 Å². The molecule has 0 bridgehead atoms. The molecule has 6 nitrogen and oxygen atoms in total. The van der Waals surface area contributed by atoms with E-state index >= 15 is 0 Å². The van der Waals surface area contributed by atoms with Crippen LogP contribution < -0.4 is 9.47 Å². The lowest BCUT2D eigenvalue weighted by Crippen LogP contribution is -2.30. The summed E-state index contributed by atoms with van der Waals surface area (Å²) in [5.41, 5.74) is 2.46. The molecule has 1 aromatic heterocycles. The van der Waals surface area contributed by atoms with Gasteiger partial charge in [0.1, 0.15) is 0 Å². The molecule has 1 heterocycles. The van der Waals surface area contributed by atoms with Crippen LogP contribution in [0.3, 0.4) is 0 Å². The molecule has 0 saturated heterocycles. The maximum atomic E-state index is 5.47. The Hall–Kier alpha value is -3.12. The van der Waals surface area contributed by atoms with E-state index in [-0.39, 0.29) is 0 Å². The van der Waals surface area contributed by atoms with Crippen molar-refractivity contribution in [2.45, 2.75) is 38.1 Å². The lowest BCUT2D eigenvalue weighted by atomic mass is 9.76. The molecule has 1 aliphatic carbocycles. The molecule has 34 heavy (non-hydrogen) atoms. The van der Waals surface area contributed by atoms with Crippen LogP contribution in [0.25, 0.3) is 6.08 Å². The Morgan fingerprint density at radius 3 is 2.41 bits per heavy atom. The lowest BCUT2D eigenvalue weighted by molar-refractivity contribution is 0.159. The zero-order chi connectivity index (χ0) is 23.9. The molecule has 1 unspecified atom stereocenters. The summed E-state index contributed by atoms with van der Waals surface area (Å²) in [6.07, 6.45) is 9.63. The second-order valence-electron chi connectivity index (χ2n) is 9.27. The van der Waals surface area contributed by atoms with E-state index in [0.29, 0.717) is 47.5 Å². The van der Waals surface area contributed by atoms with Gasteiger partial charge in [0.15, 0.2) is 17.3 Å². The summed E-state index contributed by atoms with van der Waals surface area (Å²) < 4.78 is 16.2. The van der Waals surface area contributed by atoms with E-state index in [1.807, 2.05) is 24.3 Å². The van der Waals surface area contributed by atoms with Gasteiger partial charge in [-0.3, -0.25) is 0 Å². The van der Waals surface area contributed by atoms with Crippen molar-refractivity contribution < 1.29 is 14.0 Å². The fourth-order valence-electron chi connectivity index (χ4n) is 5.09. The van der Waals surface area contributed by atoms with E-state index in [0.717, 1.165) is 5.56 Å². The molecule has 0 aliphatic heterocycles. The Kier molecular flexibility index (Phi) is 8.01. The number of benzene rings is 2. The molecule has 6 heteroatoms. The van der Waals surface area contributed by atoms with Crippen molar-refractivity contribution in [2.24, 2.45) is 11.8 Å². The standard InChI is InChI=1S/C28H35N3O3/c1-31(2)28(22-8-6-5-7-9-22)23-14-10-20(11-15-23)13-17-27-29-26(30-34-27)19-21-12-16-24(32-3)25(18-21)33-4/h5-9,12-13,16-18,20,23,28H,10-11,14-15,19H2,1-4H3/b17-13+. The van der Waals surface area contributed by atoms with Gasteiger partial charge >= 0.3 is 0 Å². The average molecular weight is 462 g/mol. The SMILES string of the molecule is COc1ccc(Cc2noc(/C=C/C3CCC(C(c4ccccc4)N(C)C)CC3)n2)cc1OC. The number of methoxy groups -OCH3 is 2. The quantitative estimate of drug-likeness (QED) is 0.401. The molecule has 0 N–H and O–H groups in total. The molecule has 0 radical (unpaired) electrons. The molecule has 1 saturated carbocycles. The minimum Gasteiger partial charge on any atom is -0.493 e. The third-order valence-corrected chi connectivity index (χ3v) is 6.77. The molecule has 3 aromatic rings. The number of ether oxygens (including phenoxy) is 2. The van der Waals surface area contributed by atoms with Crippen LogP contribution in [0.1, 0.15) is 54.6 Å². The van der Waals surface area contributed by atoms with Crippen LogP contribution >= 0.6 is 0 Å². The van der Waals surface area contributed by atoms with Gasteiger partial charge in [0.25, 0.3) is 0 Å². The molecule has 180 valence electrons. The van der Waals surface area contributed by atoms with Crippen LogP contribution in [0.5, 0.6) is 11.5 Å². The molecule has 1 aliphatic rings. The highest BCUT2D eigenvalue weighted by atomic mass is 16.5. The highest BCUT2D eigenvalue weighted by Crippen LogP contribution is 2.39. The van der Waals surface area contributed by atoms with Gasteiger partial charge in [0, 0.05) is 12.5 Å². The van der Waals surface area contributed by atoms with E-state index in [4.69, 9.17) is 14.0 Å². The lowest BCUT2D eigenvalue weighted by Gasteiger charge is -2.37. The zero-order valence-electron chi connectivity index (χ0n) is 20.6. The van der Waals surface area contributed by atoms with Crippen molar-refractivity contribution in [1.29, 1.82) is 0 Å². The first-order chi connectivity index (χ1) is 16.6. The summed E-state index contributed by atoms with van der Waals surface area (Å²) in [6, 6.07) is 17.2.